The number of aliphatic hydroxyl groups is 1. The van der Waals surface area contributed by atoms with Crippen molar-refractivity contribution in [1.29, 1.82) is 0 Å². The van der Waals surface area contributed by atoms with E-state index in [1.54, 1.807) is 30.3 Å². The summed E-state index contributed by atoms with van der Waals surface area (Å²) in [6.07, 6.45) is -4.94. The van der Waals surface area contributed by atoms with Crippen molar-refractivity contribution >= 4 is 5.97 Å². The zero-order valence-electron chi connectivity index (χ0n) is 9.49. The largest absolute Gasteiger partial charge is 0.512 e. The molecule has 3 nitrogen and oxygen atoms in total. The van der Waals surface area contributed by atoms with E-state index in [0.29, 0.717) is 5.56 Å². The van der Waals surface area contributed by atoms with E-state index in [0.717, 1.165) is 6.92 Å². The summed E-state index contributed by atoms with van der Waals surface area (Å²) in [6.45, 7) is 0.499. The van der Waals surface area contributed by atoms with E-state index in [1.807, 2.05) is 0 Å². The molecule has 1 aromatic carbocycles. The Labute approximate surface area is 101 Å². The maximum Gasteiger partial charge on any atom is 0.426 e. The normalized spacial score (nSPS) is 12.9. The van der Waals surface area contributed by atoms with Crippen LogP contribution in [0.5, 0.6) is 0 Å². The van der Waals surface area contributed by atoms with Crippen LogP contribution < -0.4 is 0 Å². The zero-order chi connectivity index (χ0) is 13.8. The highest BCUT2D eigenvalue weighted by molar-refractivity contribution is 5.90. The molecule has 1 aromatic rings. The Hall–Kier alpha value is -1.98. The van der Waals surface area contributed by atoms with Crippen LogP contribution in [0.2, 0.25) is 0 Å². The fourth-order valence-corrected chi connectivity index (χ4v) is 1.26. The molecule has 0 aliphatic heterocycles. The van der Waals surface area contributed by atoms with Crippen molar-refractivity contribution in [1.82, 2.24) is 0 Å². The smallest absolute Gasteiger partial charge is 0.426 e. The highest BCUT2D eigenvalue weighted by Crippen LogP contribution is 2.28. The van der Waals surface area contributed by atoms with Gasteiger partial charge in [-0.1, -0.05) is 30.3 Å². The number of aliphatic hydroxyl groups excluding tert-OH is 1. The fourth-order valence-electron chi connectivity index (χ4n) is 1.26. The number of esters is 1. The lowest BCUT2D eigenvalue weighted by Gasteiger charge is -2.12. The van der Waals surface area contributed by atoms with Crippen LogP contribution in [0, 0.1) is 0 Å². The first-order chi connectivity index (χ1) is 8.32. The van der Waals surface area contributed by atoms with Gasteiger partial charge in [-0.25, -0.2) is 4.79 Å². The third-order valence-electron chi connectivity index (χ3n) is 2.06. The van der Waals surface area contributed by atoms with Gasteiger partial charge in [-0.3, -0.25) is 0 Å². The first-order valence-electron chi connectivity index (χ1n) is 5.00. The topological polar surface area (TPSA) is 46.5 Å². The third kappa shape index (κ3) is 3.80. The van der Waals surface area contributed by atoms with E-state index in [2.05, 4.69) is 4.74 Å². The number of carbonyl (C=O) groups excluding carboxylic acids is 1. The number of benzene rings is 1. The van der Waals surface area contributed by atoms with Crippen LogP contribution in [-0.2, 0) is 16.1 Å². The minimum Gasteiger partial charge on any atom is -0.512 e. The Balaban J connectivity index is 2.74. The van der Waals surface area contributed by atoms with Crippen molar-refractivity contribution in [2.75, 3.05) is 0 Å². The molecule has 0 heterocycles. The lowest BCUT2D eigenvalue weighted by atomic mass is 10.2. The molecule has 0 atom stereocenters. The van der Waals surface area contributed by atoms with E-state index < -0.39 is 23.5 Å². The van der Waals surface area contributed by atoms with Gasteiger partial charge in [-0.15, -0.1) is 0 Å². The zero-order valence-corrected chi connectivity index (χ0v) is 9.49. The molecule has 98 valence electrons. The predicted molar refractivity (Wildman–Crippen MR) is 57.6 cm³/mol. The number of hydrogen-bond donors (Lipinski definition) is 1. The minimum absolute atomic E-state index is 0.285. The van der Waals surface area contributed by atoms with Gasteiger partial charge in [-0.2, -0.15) is 13.2 Å². The van der Waals surface area contributed by atoms with Gasteiger partial charge in [0, 0.05) is 0 Å². The second-order valence-corrected chi connectivity index (χ2v) is 3.52. The number of hydrogen-bond acceptors (Lipinski definition) is 3. The number of halogens is 3. The summed E-state index contributed by atoms with van der Waals surface area (Å²) < 4.78 is 41.8. The number of alkyl halides is 3. The molecule has 0 aliphatic rings. The molecule has 0 unspecified atom stereocenters. The molecular formula is C12H11F3O3. The van der Waals surface area contributed by atoms with Gasteiger partial charge < -0.3 is 9.84 Å². The Morgan fingerprint density at radius 1 is 1.28 bits per heavy atom. The first-order valence-corrected chi connectivity index (χ1v) is 5.00. The average molecular weight is 260 g/mol. The van der Waals surface area contributed by atoms with Crippen molar-refractivity contribution in [2.24, 2.45) is 0 Å². The summed E-state index contributed by atoms with van der Waals surface area (Å²) in [6, 6.07) is 8.28. The van der Waals surface area contributed by atoms with Crippen LogP contribution >= 0.6 is 0 Å². The molecule has 1 rings (SSSR count). The summed E-state index contributed by atoms with van der Waals surface area (Å²) in [5.74, 6) is -2.70. The molecule has 0 aromatic heterocycles. The lowest BCUT2D eigenvalue weighted by molar-refractivity contribution is -0.152. The van der Waals surface area contributed by atoms with Gasteiger partial charge in [0.15, 0.2) is 5.57 Å². The Morgan fingerprint density at radius 3 is 2.28 bits per heavy atom. The highest BCUT2D eigenvalue weighted by Gasteiger charge is 2.42. The van der Waals surface area contributed by atoms with Gasteiger partial charge in [0.25, 0.3) is 0 Å². The third-order valence-corrected chi connectivity index (χ3v) is 2.06. The van der Waals surface area contributed by atoms with Crippen LogP contribution in [0.25, 0.3) is 0 Å². The quantitative estimate of drug-likeness (QED) is 0.516. The summed E-state index contributed by atoms with van der Waals surface area (Å²) in [5.41, 5.74) is -1.12. The number of carbonyl (C=O) groups is 1. The van der Waals surface area contributed by atoms with Gasteiger partial charge in [-0.05, 0) is 12.5 Å². The molecule has 6 heteroatoms. The van der Waals surface area contributed by atoms with Crippen molar-refractivity contribution in [3.05, 3.63) is 47.2 Å². The minimum atomic E-state index is -4.94. The molecule has 0 fully saturated rings. The molecule has 0 aliphatic carbocycles. The maximum atomic E-state index is 12.4. The molecular weight excluding hydrogens is 249 g/mol. The Bertz CT molecular complexity index is 445. The second kappa shape index (κ2) is 5.57. The van der Waals surface area contributed by atoms with Crippen molar-refractivity contribution in [2.45, 2.75) is 19.7 Å². The van der Waals surface area contributed by atoms with Crippen LogP contribution in [-0.4, -0.2) is 17.3 Å². The first kappa shape index (κ1) is 14.1. The standard InChI is InChI=1S/C12H11F3O3/c1-8(16)10(12(13,14)15)11(17)18-7-9-5-3-2-4-6-9/h2-6,16H,7H2,1H3/b10-8+. The average Bonchev–Trinajstić information content (AvgIpc) is 2.25. The highest BCUT2D eigenvalue weighted by atomic mass is 19.4. The van der Waals surface area contributed by atoms with Gasteiger partial charge in [0.1, 0.15) is 12.4 Å². The van der Waals surface area contributed by atoms with Crippen LogP contribution in [0.4, 0.5) is 13.2 Å². The van der Waals surface area contributed by atoms with Crippen LogP contribution in [0.15, 0.2) is 41.7 Å². The van der Waals surface area contributed by atoms with E-state index >= 15 is 0 Å². The molecule has 18 heavy (non-hydrogen) atoms. The summed E-state index contributed by atoms with van der Waals surface area (Å²) in [7, 11) is 0. The van der Waals surface area contributed by atoms with Gasteiger partial charge in [0.05, 0.1) is 0 Å². The molecule has 0 spiro atoms. The number of allylic oxidation sites excluding steroid dienone is 1. The molecule has 1 N–H and O–H groups in total. The Morgan fingerprint density at radius 2 is 1.83 bits per heavy atom. The van der Waals surface area contributed by atoms with Gasteiger partial charge in [0.2, 0.25) is 0 Å². The molecule has 0 saturated heterocycles. The van der Waals surface area contributed by atoms with Crippen molar-refractivity contribution in [3.8, 4) is 0 Å². The fraction of sp³-hybridized carbons (Fsp3) is 0.250. The number of rotatable bonds is 3. The molecule has 0 bridgehead atoms. The second-order valence-electron chi connectivity index (χ2n) is 3.52. The monoisotopic (exact) mass is 260 g/mol. The summed E-state index contributed by atoms with van der Waals surface area (Å²) >= 11 is 0. The van der Waals surface area contributed by atoms with Crippen LogP contribution in [0.3, 0.4) is 0 Å². The van der Waals surface area contributed by atoms with E-state index in [9.17, 15) is 18.0 Å². The van der Waals surface area contributed by atoms with E-state index in [1.165, 1.54) is 0 Å². The molecule has 0 radical (unpaired) electrons. The van der Waals surface area contributed by atoms with E-state index in [-0.39, 0.29) is 6.61 Å². The molecule has 0 amide bonds. The number of ether oxygens (including phenoxy) is 1. The van der Waals surface area contributed by atoms with E-state index in [4.69, 9.17) is 5.11 Å². The maximum absolute atomic E-state index is 12.4. The molecule has 0 saturated carbocycles. The summed E-state index contributed by atoms with van der Waals surface area (Å²) in [4.78, 5) is 11.2. The van der Waals surface area contributed by atoms with Gasteiger partial charge >= 0.3 is 12.1 Å². The Kier molecular flexibility index (Phi) is 4.36. The predicted octanol–water partition coefficient (Wildman–Crippen LogP) is 3.12. The van der Waals surface area contributed by atoms with Crippen molar-refractivity contribution < 1.29 is 27.8 Å². The lowest BCUT2D eigenvalue weighted by Crippen LogP contribution is -2.23. The summed E-state index contributed by atoms with van der Waals surface area (Å²) in [5, 5.41) is 8.87. The SMILES string of the molecule is C/C(O)=C(/C(=O)OCc1ccccc1)C(F)(F)F. The van der Waals surface area contributed by atoms with Crippen LogP contribution in [0.1, 0.15) is 12.5 Å². The van der Waals surface area contributed by atoms with Crippen molar-refractivity contribution in [3.63, 3.8) is 0 Å².